The van der Waals surface area contributed by atoms with E-state index in [4.69, 9.17) is 10.5 Å². The summed E-state index contributed by atoms with van der Waals surface area (Å²) in [5, 5.41) is 2.72. The van der Waals surface area contributed by atoms with Crippen LogP contribution in [0.25, 0.3) is 0 Å². The molecule has 1 heterocycles. The maximum atomic E-state index is 11.8. The molecule has 0 aromatic carbocycles. The van der Waals surface area contributed by atoms with Crippen LogP contribution < -0.4 is 11.1 Å². The zero-order valence-corrected chi connectivity index (χ0v) is 9.86. The average Bonchev–Trinajstić information content (AvgIpc) is 2.77. The molecule has 3 atom stereocenters. The molecule has 0 unspecified atom stereocenters. The lowest BCUT2D eigenvalue weighted by molar-refractivity contribution is -0.130. The molecule has 0 bridgehead atoms. The molecule has 16 heavy (non-hydrogen) atoms. The second-order valence-corrected chi connectivity index (χ2v) is 4.33. The molecule has 1 rings (SSSR count). The predicted molar refractivity (Wildman–Crippen MR) is 59.5 cm³/mol. The molecule has 1 saturated heterocycles. The molecule has 0 aromatic heterocycles. The van der Waals surface area contributed by atoms with Gasteiger partial charge in [-0.15, -0.1) is 0 Å². The molecule has 5 heteroatoms. The largest absolute Gasteiger partial charge is 0.381 e. The van der Waals surface area contributed by atoms with Gasteiger partial charge in [-0.1, -0.05) is 20.3 Å². The van der Waals surface area contributed by atoms with E-state index in [1.165, 1.54) is 0 Å². The number of amides is 2. The van der Waals surface area contributed by atoms with Gasteiger partial charge in [0.15, 0.2) is 0 Å². The molecule has 1 aliphatic heterocycles. The number of carbonyl (C=O) groups is 2. The van der Waals surface area contributed by atoms with E-state index in [2.05, 4.69) is 5.32 Å². The number of carbonyl (C=O) groups excluding carboxylic acids is 2. The van der Waals surface area contributed by atoms with Crippen LogP contribution in [0.1, 0.15) is 26.7 Å². The van der Waals surface area contributed by atoms with E-state index < -0.39 is 11.9 Å². The topological polar surface area (TPSA) is 81.4 Å². The first-order chi connectivity index (χ1) is 7.56. The van der Waals surface area contributed by atoms with Crippen LogP contribution in [0.3, 0.4) is 0 Å². The fraction of sp³-hybridized carbons (Fsp3) is 0.818. The summed E-state index contributed by atoms with van der Waals surface area (Å²) < 4.78 is 5.13. The van der Waals surface area contributed by atoms with Gasteiger partial charge >= 0.3 is 0 Å². The molecule has 0 radical (unpaired) electrons. The monoisotopic (exact) mass is 228 g/mol. The van der Waals surface area contributed by atoms with Crippen LogP contribution in [0, 0.1) is 11.8 Å². The van der Waals surface area contributed by atoms with Crippen LogP contribution in [0.15, 0.2) is 0 Å². The number of ether oxygens (including phenoxy) is 1. The van der Waals surface area contributed by atoms with Crippen LogP contribution in [-0.2, 0) is 14.3 Å². The number of hydrogen-bond acceptors (Lipinski definition) is 3. The van der Waals surface area contributed by atoms with Gasteiger partial charge in [-0.3, -0.25) is 9.59 Å². The van der Waals surface area contributed by atoms with E-state index in [1.54, 1.807) is 0 Å². The Hall–Kier alpha value is -1.10. The maximum Gasteiger partial charge on any atom is 0.240 e. The third-order valence-electron chi connectivity index (χ3n) is 3.12. The fourth-order valence-corrected chi connectivity index (χ4v) is 1.74. The summed E-state index contributed by atoms with van der Waals surface area (Å²) in [6.45, 7) is 4.92. The highest BCUT2D eigenvalue weighted by molar-refractivity contribution is 5.87. The van der Waals surface area contributed by atoms with Crippen molar-refractivity contribution in [3.8, 4) is 0 Å². The minimum atomic E-state index is -0.571. The predicted octanol–water partition coefficient (Wildman–Crippen LogP) is 0.0391. The summed E-state index contributed by atoms with van der Waals surface area (Å²) in [5.41, 5.74) is 5.28. The van der Waals surface area contributed by atoms with Gasteiger partial charge in [0.25, 0.3) is 0 Å². The lowest BCUT2D eigenvalue weighted by atomic mass is 9.97. The Morgan fingerprint density at radius 2 is 2.25 bits per heavy atom. The molecule has 5 nitrogen and oxygen atoms in total. The Bertz CT molecular complexity index is 262. The summed E-state index contributed by atoms with van der Waals surface area (Å²) in [6, 6.07) is -0.571. The molecule has 1 aliphatic rings. The minimum absolute atomic E-state index is 0.0590. The van der Waals surface area contributed by atoms with Crippen LogP contribution in [0.4, 0.5) is 0 Å². The van der Waals surface area contributed by atoms with Crippen LogP contribution in [-0.4, -0.2) is 31.1 Å². The number of nitrogens with two attached hydrogens (primary N) is 1. The number of rotatable bonds is 5. The normalized spacial score (nSPS) is 23.8. The van der Waals surface area contributed by atoms with E-state index >= 15 is 0 Å². The zero-order chi connectivity index (χ0) is 12.1. The Morgan fingerprint density at radius 1 is 1.56 bits per heavy atom. The van der Waals surface area contributed by atoms with Crippen molar-refractivity contribution in [3.05, 3.63) is 0 Å². The molecule has 1 fully saturated rings. The maximum absolute atomic E-state index is 11.8. The molecule has 3 N–H and O–H groups in total. The average molecular weight is 228 g/mol. The van der Waals surface area contributed by atoms with Crippen molar-refractivity contribution in [2.24, 2.45) is 17.6 Å². The summed E-state index contributed by atoms with van der Waals surface area (Å²) in [6.07, 6.45) is 1.52. The van der Waals surface area contributed by atoms with E-state index in [9.17, 15) is 9.59 Å². The Labute approximate surface area is 95.7 Å². The first-order valence-electron chi connectivity index (χ1n) is 5.73. The molecule has 0 saturated carbocycles. The number of hydrogen-bond donors (Lipinski definition) is 2. The van der Waals surface area contributed by atoms with Crippen LogP contribution in [0.2, 0.25) is 0 Å². The fourth-order valence-electron chi connectivity index (χ4n) is 1.74. The first kappa shape index (κ1) is 13.0. The van der Waals surface area contributed by atoms with E-state index in [-0.39, 0.29) is 17.7 Å². The first-order valence-corrected chi connectivity index (χ1v) is 5.73. The third kappa shape index (κ3) is 3.20. The van der Waals surface area contributed by atoms with E-state index in [1.807, 2.05) is 13.8 Å². The van der Waals surface area contributed by atoms with Crippen molar-refractivity contribution in [1.82, 2.24) is 5.32 Å². The summed E-state index contributed by atoms with van der Waals surface area (Å²) >= 11 is 0. The van der Waals surface area contributed by atoms with Gasteiger partial charge in [-0.25, -0.2) is 0 Å². The van der Waals surface area contributed by atoms with Gasteiger partial charge in [0.1, 0.15) is 6.04 Å². The Kier molecular flexibility index (Phi) is 4.73. The quantitative estimate of drug-likeness (QED) is 0.697. The highest BCUT2D eigenvalue weighted by atomic mass is 16.5. The van der Waals surface area contributed by atoms with Gasteiger partial charge in [0.05, 0.1) is 12.5 Å². The van der Waals surface area contributed by atoms with Crippen molar-refractivity contribution < 1.29 is 14.3 Å². The third-order valence-corrected chi connectivity index (χ3v) is 3.12. The van der Waals surface area contributed by atoms with Crippen LogP contribution >= 0.6 is 0 Å². The molecular formula is C11H20N2O3. The lowest BCUT2D eigenvalue weighted by Crippen LogP contribution is -2.50. The van der Waals surface area contributed by atoms with Crippen molar-refractivity contribution in [2.45, 2.75) is 32.7 Å². The van der Waals surface area contributed by atoms with E-state index in [0.717, 1.165) is 12.8 Å². The lowest BCUT2D eigenvalue weighted by Gasteiger charge is -2.22. The zero-order valence-electron chi connectivity index (χ0n) is 9.86. The molecule has 0 aromatic rings. The molecule has 2 amide bonds. The van der Waals surface area contributed by atoms with Crippen molar-refractivity contribution >= 4 is 11.8 Å². The Morgan fingerprint density at radius 3 is 2.69 bits per heavy atom. The molecule has 0 spiro atoms. The van der Waals surface area contributed by atoms with Gasteiger partial charge in [0.2, 0.25) is 11.8 Å². The highest BCUT2D eigenvalue weighted by Crippen LogP contribution is 2.14. The SMILES string of the molecule is CC[C@H](C)[C@H](NC(=O)[C@@H]1CCOC1)C(N)=O. The number of primary amides is 1. The molecule has 92 valence electrons. The van der Waals surface area contributed by atoms with E-state index in [0.29, 0.717) is 13.2 Å². The second-order valence-electron chi connectivity index (χ2n) is 4.33. The smallest absolute Gasteiger partial charge is 0.240 e. The summed E-state index contributed by atoms with van der Waals surface area (Å²) in [7, 11) is 0. The van der Waals surface area contributed by atoms with Crippen LogP contribution in [0.5, 0.6) is 0 Å². The van der Waals surface area contributed by atoms with Crippen molar-refractivity contribution in [3.63, 3.8) is 0 Å². The minimum Gasteiger partial charge on any atom is -0.381 e. The van der Waals surface area contributed by atoms with Gasteiger partial charge < -0.3 is 15.8 Å². The van der Waals surface area contributed by atoms with Gasteiger partial charge in [-0.2, -0.15) is 0 Å². The highest BCUT2D eigenvalue weighted by Gasteiger charge is 2.29. The summed E-state index contributed by atoms with van der Waals surface area (Å²) in [4.78, 5) is 23.0. The second kappa shape index (κ2) is 5.84. The van der Waals surface area contributed by atoms with Gasteiger partial charge in [-0.05, 0) is 12.3 Å². The standard InChI is InChI=1S/C11H20N2O3/c1-3-7(2)9(10(12)14)13-11(15)8-4-5-16-6-8/h7-9H,3-6H2,1-2H3,(H2,12,14)(H,13,15)/t7-,8+,9-/m0/s1. The summed E-state index contributed by atoms with van der Waals surface area (Å²) in [5.74, 6) is -0.669. The Balaban J connectivity index is 2.53. The van der Waals surface area contributed by atoms with Crippen molar-refractivity contribution in [1.29, 1.82) is 0 Å². The van der Waals surface area contributed by atoms with Gasteiger partial charge in [0, 0.05) is 6.61 Å². The number of nitrogens with one attached hydrogen (secondary N) is 1. The van der Waals surface area contributed by atoms with Crippen molar-refractivity contribution in [2.75, 3.05) is 13.2 Å². The molecular weight excluding hydrogens is 208 g/mol. The molecule has 0 aliphatic carbocycles.